The third-order valence-corrected chi connectivity index (χ3v) is 4.10. The molecule has 0 heterocycles. The standard InChI is InChI=1S/C22H16N2/c1-15-3-7-18(8-4-15)20-10-6-17(13-23)12-22(20)21-11-16(2)5-9-19(21)14-24/h3-12H,1-2H3. The van der Waals surface area contributed by atoms with Gasteiger partial charge >= 0.3 is 0 Å². The minimum atomic E-state index is 0.589. The molecule has 2 nitrogen and oxygen atoms in total. The second kappa shape index (κ2) is 6.41. The number of nitriles is 2. The second-order valence-corrected chi connectivity index (χ2v) is 5.90. The molecular formula is C22H16N2. The molecule has 0 N–H and O–H groups in total. The maximum Gasteiger partial charge on any atom is 0.0998 e. The quantitative estimate of drug-likeness (QED) is 0.638. The molecule has 114 valence electrons. The summed E-state index contributed by atoms with van der Waals surface area (Å²) in [5, 5.41) is 18.8. The van der Waals surface area contributed by atoms with Crippen LogP contribution < -0.4 is 0 Å². The fourth-order valence-corrected chi connectivity index (χ4v) is 2.80. The van der Waals surface area contributed by atoms with Crippen LogP contribution in [0.15, 0.2) is 60.7 Å². The largest absolute Gasteiger partial charge is 0.192 e. The Balaban J connectivity index is 2.31. The first-order valence-electron chi connectivity index (χ1n) is 7.74. The minimum Gasteiger partial charge on any atom is -0.192 e. The van der Waals surface area contributed by atoms with E-state index < -0.39 is 0 Å². The molecule has 0 fully saturated rings. The minimum absolute atomic E-state index is 0.589. The van der Waals surface area contributed by atoms with E-state index in [1.165, 1.54) is 5.56 Å². The molecule has 0 spiro atoms. The van der Waals surface area contributed by atoms with Gasteiger partial charge in [0.1, 0.15) is 0 Å². The van der Waals surface area contributed by atoms with Gasteiger partial charge in [-0.3, -0.25) is 0 Å². The van der Waals surface area contributed by atoms with Crippen LogP contribution in [0.2, 0.25) is 0 Å². The van der Waals surface area contributed by atoms with Gasteiger partial charge in [0.15, 0.2) is 0 Å². The van der Waals surface area contributed by atoms with Crippen LogP contribution in [-0.2, 0) is 0 Å². The molecule has 0 aliphatic heterocycles. The Morgan fingerprint density at radius 3 is 2.00 bits per heavy atom. The Hall–Kier alpha value is -3.36. The Kier molecular flexibility index (Phi) is 4.15. The van der Waals surface area contributed by atoms with Gasteiger partial charge in [0.25, 0.3) is 0 Å². The molecule has 0 unspecified atom stereocenters. The van der Waals surface area contributed by atoms with Crippen LogP contribution in [0.1, 0.15) is 22.3 Å². The van der Waals surface area contributed by atoms with Crippen molar-refractivity contribution in [2.75, 3.05) is 0 Å². The lowest BCUT2D eigenvalue weighted by Crippen LogP contribution is -1.91. The van der Waals surface area contributed by atoms with Crippen molar-refractivity contribution in [3.63, 3.8) is 0 Å². The van der Waals surface area contributed by atoms with Crippen LogP contribution in [-0.4, -0.2) is 0 Å². The molecule has 0 aromatic heterocycles. The topological polar surface area (TPSA) is 47.6 Å². The molecule has 3 aromatic carbocycles. The van der Waals surface area contributed by atoms with E-state index >= 15 is 0 Å². The van der Waals surface area contributed by atoms with Crippen LogP contribution in [0.25, 0.3) is 22.3 Å². The van der Waals surface area contributed by atoms with Crippen LogP contribution >= 0.6 is 0 Å². The van der Waals surface area contributed by atoms with Gasteiger partial charge < -0.3 is 0 Å². The highest BCUT2D eigenvalue weighted by Crippen LogP contribution is 2.35. The van der Waals surface area contributed by atoms with Crippen LogP contribution in [0.3, 0.4) is 0 Å². The van der Waals surface area contributed by atoms with E-state index in [0.29, 0.717) is 11.1 Å². The first-order chi connectivity index (χ1) is 11.6. The highest BCUT2D eigenvalue weighted by molar-refractivity contribution is 5.87. The maximum atomic E-state index is 9.48. The molecule has 0 bridgehead atoms. The van der Waals surface area contributed by atoms with Crippen molar-refractivity contribution in [2.24, 2.45) is 0 Å². The third-order valence-electron chi connectivity index (χ3n) is 4.10. The molecule has 0 aliphatic carbocycles. The number of benzene rings is 3. The fourth-order valence-electron chi connectivity index (χ4n) is 2.80. The number of hydrogen-bond acceptors (Lipinski definition) is 2. The van der Waals surface area contributed by atoms with Gasteiger partial charge in [-0.15, -0.1) is 0 Å². The van der Waals surface area contributed by atoms with Crippen molar-refractivity contribution < 1.29 is 0 Å². The first-order valence-corrected chi connectivity index (χ1v) is 7.74. The summed E-state index contributed by atoms with van der Waals surface area (Å²) < 4.78 is 0. The Morgan fingerprint density at radius 1 is 0.625 bits per heavy atom. The molecule has 3 rings (SSSR count). The zero-order valence-electron chi connectivity index (χ0n) is 13.7. The van der Waals surface area contributed by atoms with E-state index in [4.69, 9.17) is 0 Å². The molecular weight excluding hydrogens is 292 g/mol. The van der Waals surface area contributed by atoms with Gasteiger partial charge in [-0.1, -0.05) is 53.6 Å². The summed E-state index contributed by atoms with van der Waals surface area (Å²) in [7, 11) is 0. The average Bonchev–Trinajstić information content (AvgIpc) is 2.62. The molecule has 0 saturated heterocycles. The van der Waals surface area contributed by atoms with E-state index in [9.17, 15) is 10.5 Å². The summed E-state index contributed by atoms with van der Waals surface area (Å²) in [4.78, 5) is 0. The Morgan fingerprint density at radius 2 is 1.33 bits per heavy atom. The number of nitrogens with zero attached hydrogens (tertiary/aromatic N) is 2. The van der Waals surface area contributed by atoms with Crippen LogP contribution in [0, 0.1) is 36.5 Å². The van der Waals surface area contributed by atoms with Gasteiger partial charge in [-0.25, -0.2) is 0 Å². The highest BCUT2D eigenvalue weighted by Gasteiger charge is 2.13. The summed E-state index contributed by atoms with van der Waals surface area (Å²) in [5.74, 6) is 0. The molecule has 0 aliphatic rings. The molecule has 2 heteroatoms. The monoisotopic (exact) mass is 308 g/mol. The van der Waals surface area contributed by atoms with Crippen molar-refractivity contribution in [1.82, 2.24) is 0 Å². The number of rotatable bonds is 2. The van der Waals surface area contributed by atoms with E-state index in [1.54, 1.807) is 0 Å². The van der Waals surface area contributed by atoms with Crippen molar-refractivity contribution in [2.45, 2.75) is 13.8 Å². The van der Waals surface area contributed by atoms with Gasteiger partial charge in [0, 0.05) is 5.56 Å². The smallest absolute Gasteiger partial charge is 0.0998 e. The first kappa shape index (κ1) is 15.5. The lowest BCUT2D eigenvalue weighted by atomic mass is 9.89. The number of hydrogen-bond donors (Lipinski definition) is 0. The highest BCUT2D eigenvalue weighted by atomic mass is 14.3. The summed E-state index contributed by atoms with van der Waals surface area (Å²) in [6.07, 6.45) is 0. The Labute approximate surface area is 142 Å². The normalized spacial score (nSPS) is 10.0. The SMILES string of the molecule is Cc1ccc(-c2ccc(C#N)cc2-c2cc(C)ccc2C#N)cc1. The van der Waals surface area contributed by atoms with Crippen molar-refractivity contribution in [3.05, 3.63) is 82.9 Å². The van der Waals surface area contributed by atoms with Gasteiger partial charge in [0.05, 0.1) is 23.3 Å². The zero-order valence-corrected chi connectivity index (χ0v) is 13.7. The van der Waals surface area contributed by atoms with Crippen molar-refractivity contribution in [3.8, 4) is 34.4 Å². The lowest BCUT2D eigenvalue weighted by Gasteiger charge is -2.13. The van der Waals surface area contributed by atoms with Crippen molar-refractivity contribution >= 4 is 0 Å². The fraction of sp³-hybridized carbons (Fsp3) is 0.0909. The Bertz CT molecular complexity index is 984. The molecule has 3 aromatic rings. The van der Waals surface area contributed by atoms with E-state index in [-0.39, 0.29) is 0 Å². The molecule has 0 atom stereocenters. The summed E-state index contributed by atoms with van der Waals surface area (Å²) in [5.41, 5.74) is 7.36. The predicted octanol–water partition coefficient (Wildman–Crippen LogP) is 5.38. The predicted molar refractivity (Wildman–Crippen MR) is 96.2 cm³/mol. The average molecular weight is 308 g/mol. The van der Waals surface area contributed by atoms with E-state index in [2.05, 4.69) is 43.3 Å². The number of aryl methyl sites for hydroxylation is 2. The third kappa shape index (κ3) is 2.91. The molecule has 0 radical (unpaired) electrons. The zero-order chi connectivity index (χ0) is 17.1. The molecule has 0 amide bonds. The van der Waals surface area contributed by atoms with E-state index in [1.807, 2.05) is 43.3 Å². The summed E-state index contributed by atoms with van der Waals surface area (Å²) in [6, 6.07) is 24.2. The van der Waals surface area contributed by atoms with Crippen LogP contribution in [0.4, 0.5) is 0 Å². The molecule has 24 heavy (non-hydrogen) atoms. The summed E-state index contributed by atoms with van der Waals surface area (Å²) >= 11 is 0. The second-order valence-electron chi connectivity index (χ2n) is 5.90. The summed E-state index contributed by atoms with van der Waals surface area (Å²) in [6.45, 7) is 4.06. The van der Waals surface area contributed by atoms with Gasteiger partial charge in [-0.2, -0.15) is 10.5 Å². The van der Waals surface area contributed by atoms with E-state index in [0.717, 1.165) is 27.8 Å². The van der Waals surface area contributed by atoms with Crippen LogP contribution in [0.5, 0.6) is 0 Å². The molecule has 0 saturated carbocycles. The van der Waals surface area contributed by atoms with Gasteiger partial charge in [-0.05, 0) is 48.7 Å². The van der Waals surface area contributed by atoms with Crippen molar-refractivity contribution in [1.29, 1.82) is 10.5 Å². The maximum absolute atomic E-state index is 9.48. The lowest BCUT2D eigenvalue weighted by molar-refractivity contribution is 1.41. The van der Waals surface area contributed by atoms with Gasteiger partial charge in [0.2, 0.25) is 0 Å².